The van der Waals surface area contributed by atoms with E-state index in [0.717, 1.165) is 19.2 Å². The predicted molar refractivity (Wildman–Crippen MR) is 73.6 cm³/mol. The van der Waals surface area contributed by atoms with Crippen molar-refractivity contribution in [2.24, 2.45) is 0 Å². The Morgan fingerprint density at radius 1 is 1.27 bits per heavy atom. The fraction of sp³-hybridized carbons (Fsp3) is 0.400. The lowest BCUT2D eigenvalue weighted by molar-refractivity contribution is 0.277. The Morgan fingerprint density at radius 3 is 2.27 bits per heavy atom. The molecule has 0 saturated carbocycles. The molecule has 0 spiro atoms. The first-order valence-corrected chi connectivity index (χ1v) is 6.87. The van der Waals surface area contributed by atoms with Crippen LogP contribution in [0.5, 0.6) is 5.75 Å². The third-order valence-corrected chi connectivity index (χ3v) is 3.57. The molecule has 0 amide bonds. The van der Waals surface area contributed by atoms with Gasteiger partial charge in [-0.1, -0.05) is 15.9 Å². The summed E-state index contributed by atoms with van der Waals surface area (Å²) in [6.45, 7) is 2.70. The van der Waals surface area contributed by atoms with Gasteiger partial charge < -0.3 is 10.1 Å². The summed E-state index contributed by atoms with van der Waals surface area (Å²) in [4.78, 5) is 0. The van der Waals surface area contributed by atoms with Crippen molar-refractivity contribution in [3.8, 4) is 5.75 Å². The van der Waals surface area contributed by atoms with Gasteiger partial charge in [0.2, 0.25) is 0 Å². The SMILES string of the molecule is CNC(C)COc1c(Br)cc(Br)cc1Br. The first-order chi connectivity index (χ1) is 7.04. The van der Waals surface area contributed by atoms with Crippen LogP contribution < -0.4 is 10.1 Å². The second kappa shape index (κ2) is 6.23. The number of hydrogen-bond donors (Lipinski definition) is 1. The monoisotopic (exact) mass is 399 g/mol. The highest BCUT2D eigenvalue weighted by molar-refractivity contribution is 9.11. The number of likely N-dealkylation sites (N-methyl/N-ethyl adjacent to an activating group) is 1. The number of benzene rings is 1. The molecule has 1 unspecified atom stereocenters. The summed E-state index contributed by atoms with van der Waals surface area (Å²) >= 11 is 10.3. The van der Waals surface area contributed by atoms with Gasteiger partial charge in [-0.25, -0.2) is 0 Å². The van der Waals surface area contributed by atoms with E-state index in [4.69, 9.17) is 4.74 Å². The van der Waals surface area contributed by atoms with E-state index in [9.17, 15) is 0 Å². The minimum Gasteiger partial charge on any atom is -0.490 e. The molecular formula is C10H12Br3NO. The molecular weight excluding hydrogens is 390 g/mol. The standard InChI is InChI=1S/C10H12Br3NO/c1-6(14-2)5-15-10-8(12)3-7(11)4-9(10)13/h3-4,6,14H,5H2,1-2H3. The lowest BCUT2D eigenvalue weighted by Crippen LogP contribution is -2.28. The summed E-state index contributed by atoms with van der Waals surface area (Å²) in [6, 6.07) is 4.25. The number of nitrogens with one attached hydrogen (secondary N) is 1. The maximum absolute atomic E-state index is 5.70. The van der Waals surface area contributed by atoms with Gasteiger partial charge in [-0.05, 0) is 58.0 Å². The van der Waals surface area contributed by atoms with Crippen LogP contribution >= 0.6 is 47.8 Å². The molecule has 15 heavy (non-hydrogen) atoms. The molecule has 0 heterocycles. The van der Waals surface area contributed by atoms with Crippen LogP contribution in [0, 0.1) is 0 Å². The second-order valence-corrected chi connectivity index (χ2v) is 5.82. The van der Waals surface area contributed by atoms with Crippen molar-refractivity contribution in [3.05, 3.63) is 25.6 Å². The van der Waals surface area contributed by atoms with Crippen LogP contribution in [0.1, 0.15) is 6.92 Å². The topological polar surface area (TPSA) is 21.3 Å². The molecule has 0 aliphatic rings. The lowest BCUT2D eigenvalue weighted by Gasteiger charge is -2.14. The number of halogens is 3. The van der Waals surface area contributed by atoms with Crippen molar-refractivity contribution in [1.29, 1.82) is 0 Å². The molecule has 5 heteroatoms. The Kier molecular flexibility index (Phi) is 5.60. The highest BCUT2D eigenvalue weighted by Gasteiger charge is 2.09. The van der Waals surface area contributed by atoms with Crippen molar-refractivity contribution in [2.45, 2.75) is 13.0 Å². The first-order valence-electron chi connectivity index (χ1n) is 4.49. The minimum atomic E-state index is 0.326. The third-order valence-electron chi connectivity index (χ3n) is 1.93. The Labute approximate surface area is 115 Å². The normalized spacial score (nSPS) is 12.6. The fourth-order valence-corrected chi connectivity index (χ4v) is 3.45. The van der Waals surface area contributed by atoms with Gasteiger partial charge in [0.05, 0.1) is 8.95 Å². The number of rotatable bonds is 4. The largest absolute Gasteiger partial charge is 0.490 e. The summed E-state index contributed by atoms with van der Waals surface area (Å²) < 4.78 is 8.58. The summed E-state index contributed by atoms with van der Waals surface area (Å²) in [6.07, 6.45) is 0. The summed E-state index contributed by atoms with van der Waals surface area (Å²) in [5.41, 5.74) is 0. The maximum atomic E-state index is 5.70. The van der Waals surface area contributed by atoms with Crippen LogP contribution in [0.25, 0.3) is 0 Å². The van der Waals surface area contributed by atoms with Gasteiger partial charge in [0, 0.05) is 10.5 Å². The zero-order valence-electron chi connectivity index (χ0n) is 8.48. The van der Waals surface area contributed by atoms with Gasteiger partial charge >= 0.3 is 0 Å². The van der Waals surface area contributed by atoms with Crippen molar-refractivity contribution >= 4 is 47.8 Å². The Bertz CT molecular complexity index is 320. The lowest BCUT2D eigenvalue weighted by atomic mass is 10.3. The van der Waals surface area contributed by atoms with Crippen LogP contribution in [-0.4, -0.2) is 19.7 Å². The van der Waals surface area contributed by atoms with Crippen LogP contribution in [0.3, 0.4) is 0 Å². The molecule has 84 valence electrons. The quantitative estimate of drug-likeness (QED) is 0.824. The molecule has 1 aromatic carbocycles. The zero-order chi connectivity index (χ0) is 11.4. The predicted octanol–water partition coefficient (Wildman–Crippen LogP) is 3.96. The highest BCUT2D eigenvalue weighted by atomic mass is 79.9. The van der Waals surface area contributed by atoms with E-state index in [-0.39, 0.29) is 0 Å². The van der Waals surface area contributed by atoms with Crippen molar-refractivity contribution < 1.29 is 4.74 Å². The van der Waals surface area contributed by atoms with Gasteiger partial charge in [-0.15, -0.1) is 0 Å². The molecule has 0 bridgehead atoms. The molecule has 2 nitrogen and oxygen atoms in total. The molecule has 0 aromatic heterocycles. The molecule has 0 radical (unpaired) electrons. The minimum absolute atomic E-state index is 0.326. The molecule has 1 aromatic rings. The molecule has 0 saturated heterocycles. The highest BCUT2D eigenvalue weighted by Crippen LogP contribution is 2.36. The van der Waals surface area contributed by atoms with Crippen molar-refractivity contribution in [3.63, 3.8) is 0 Å². The summed E-state index contributed by atoms with van der Waals surface area (Å²) in [5.74, 6) is 0.834. The molecule has 1 N–H and O–H groups in total. The van der Waals surface area contributed by atoms with Crippen LogP contribution in [0.15, 0.2) is 25.6 Å². The number of ether oxygens (including phenoxy) is 1. The molecule has 1 atom stereocenters. The van der Waals surface area contributed by atoms with Gasteiger partial charge in [0.25, 0.3) is 0 Å². The van der Waals surface area contributed by atoms with E-state index < -0.39 is 0 Å². The van der Waals surface area contributed by atoms with Crippen LogP contribution in [-0.2, 0) is 0 Å². The van der Waals surface area contributed by atoms with Gasteiger partial charge in [-0.3, -0.25) is 0 Å². The Morgan fingerprint density at radius 2 is 1.80 bits per heavy atom. The van der Waals surface area contributed by atoms with Crippen molar-refractivity contribution in [2.75, 3.05) is 13.7 Å². The molecule has 1 rings (SSSR count). The average molecular weight is 402 g/mol. The van der Waals surface area contributed by atoms with Gasteiger partial charge in [0.15, 0.2) is 0 Å². The van der Waals surface area contributed by atoms with E-state index in [1.165, 1.54) is 0 Å². The van der Waals surface area contributed by atoms with Gasteiger partial charge in [-0.2, -0.15) is 0 Å². The number of hydrogen-bond acceptors (Lipinski definition) is 2. The first kappa shape index (κ1) is 13.5. The summed E-state index contributed by atoms with van der Waals surface area (Å²) in [7, 11) is 1.92. The maximum Gasteiger partial charge on any atom is 0.147 e. The van der Waals surface area contributed by atoms with Crippen molar-refractivity contribution in [1.82, 2.24) is 5.32 Å². The average Bonchev–Trinajstić information content (AvgIpc) is 2.15. The van der Waals surface area contributed by atoms with E-state index in [0.29, 0.717) is 12.6 Å². The van der Waals surface area contributed by atoms with E-state index >= 15 is 0 Å². The smallest absolute Gasteiger partial charge is 0.147 e. The zero-order valence-corrected chi connectivity index (χ0v) is 13.2. The van der Waals surface area contributed by atoms with Crippen LogP contribution in [0.4, 0.5) is 0 Å². The molecule has 0 fully saturated rings. The van der Waals surface area contributed by atoms with Gasteiger partial charge in [0.1, 0.15) is 12.4 Å². The van der Waals surface area contributed by atoms with E-state index in [1.807, 2.05) is 19.2 Å². The Hall–Kier alpha value is 0.420. The third kappa shape index (κ3) is 4.06. The van der Waals surface area contributed by atoms with E-state index in [2.05, 4.69) is 60.0 Å². The van der Waals surface area contributed by atoms with Crippen LogP contribution in [0.2, 0.25) is 0 Å². The van der Waals surface area contributed by atoms with E-state index in [1.54, 1.807) is 0 Å². The molecule has 0 aliphatic heterocycles. The summed E-state index contributed by atoms with van der Waals surface area (Å²) in [5, 5.41) is 3.12. The molecule has 0 aliphatic carbocycles. The second-order valence-electron chi connectivity index (χ2n) is 3.20. The Balaban J connectivity index is 2.77. The fourth-order valence-electron chi connectivity index (χ4n) is 0.959.